The zero-order chi connectivity index (χ0) is 13.5. The largest absolute Gasteiger partial charge is 0.303 e. The van der Waals surface area contributed by atoms with Crippen molar-refractivity contribution in [1.29, 1.82) is 0 Å². The molecule has 0 aromatic rings. The van der Waals surface area contributed by atoms with Gasteiger partial charge in [-0.3, -0.25) is 0 Å². The molecule has 0 atom stereocenters. The zero-order valence-corrected chi connectivity index (χ0v) is 12.8. The minimum absolute atomic E-state index is 0.390. The molecule has 0 bridgehead atoms. The molecule has 0 saturated heterocycles. The van der Waals surface area contributed by atoms with E-state index in [4.69, 9.17) is 0 Å². The summed E-state index contributed by atoms with van der Waals surface area (Å²) in [5, 5.41) is 0. The molecular formula is C18H32O. The van der Waals surface area contributed by atoms with Crippen molar-refractivity contribution in [1.82, 2.24) is 0 Å². The first-order valence-corrected chi connectivity index (χ1v) is 8.77. The molecule has 0 spiro atoms. The summed E-state index contributed by atoms with van der Waals surface area (Å²) in [5.41, 5.74) is 0. The van der Waals surface area contributed by atoms with Gasteiger partial charge in [-0.2, -0.15) is 0 Å². The molecule has 0 N–H and O–H groups in total. The Morgan fingerprint density at radius 3 is 1.58 bits per heavy atom. The molecule has 0 aliphatic heterocycles. The third-order valence-electron chi connectivity index (χ3n) is 5.73. The Kier molecular flexibility index (Phi) is 6.40. The fourth-order valence-electron chi connectivity index (χ4n) is 4.30. The molecule has 2 aliphatic rings. The van der Waals surface area contributed by atoms with Gasteiger partial charge in [-0.05, 0) is 43.4 Å². The Hall–Kier alpha value is -0.330. The highest BCUT2D eigenvalue weighted by Crippen LogP contribution is 2.37. The van der Waals surface area contributed by atoms with Gasteiger partial charge in [-0.1, -0.05) is 58.3 Å². The van der Waals surface area contributed by atoms with Crippen molar-refractivity contribution in [3.63, 3.8) is 0 Å². The van der Waals surface area contributed by atoms with Crippen molar-refractivity contribution in [2.45, 2.75) is 84.0 Å². The summed E-state index contributed by atoms with van der Waals surface area (Å²) in [7, 11) is 0. The molecular weight excluding hydrogens is 232 g/mol. The van der Waals surface area contributed by atoms with Gasteiger partial charge in [-0.15, -0.1) is 0 Å². The Bertz CT molecular complexity index is 244. The summed E-state index contributed by atoms with van der Waals surface area (Å²) >= 11 is 0. The first kappa shape index (κ1) is 15.1. The molecule has 0 heterocycles. The lowest BCUT2D eigenvalue weighted by atomic mass is 9.75. The van der Waals surface area contributed by atoms with E-state index in [1.807, 2.05) is 0 Å². The second kappa shape index (κ2) is 8.07. The van der Waals surface area contributed by atoms with Gasteiger partial charge in [-0.25, -0.2) is 0 Å². The molecule has 110 valence electrons. The van der Waals surface area contributed by atoms with E-state index >= 15 is 0 Å². The minimum Gasteiger partial charge on any atom is -0.303 e. The Morgan fingerprint density at radius 2 is 1.16 bits per heavy atom. The molecule has 0 amide bonds. The topological polar surface area (TPSA) is 17.1 Å². The standard InChI is InChI=1S/C18H32O/c1-2-3-15-4-6-16(7-5-15)8-9-17-10-12-18(14-19)13-11-17/h14-18H,2-13H2,1H3. The third-order valence-corrected chi connectivity index (χ3v) is 5.73. The quantitative estimate of drug-likeness (QED) is 0.589. The summed E-state index contributed by atoms with van der Waals surface area (Å²) < 4.78 is 0. The van der Waals surface area contributed by atoms with Gasteiger partial charge in [0.2, 0.25) is 0 Å². The lowest BCUT2D eigenvalue weighted by molar-refractivity contribution is -0.112. The fourth-order valence-corrected chi connectivity index (χ4v) is 4.30. The van der Waals surface area contributed by atoms with Crippen LogP contribution in [0.1, 0.15) is 84.0 Å². The van der Waals surface area contributed by atoms with Gasteiger partial charge in [0.25, 0.3) is 0 Å². The van der Waals surface area contributed by atoms with Crippen molar-refractivity contribution < 1.29 is 4.79 Å². The third kappa shape index (κ3) is 4.93. The van der Waals surface area contributed by atoms with E-state index in [-0.39, 0.29) is 0 Å². The predicted molar refractivity (Wildman–Crippen MR) is 81.1 cm³/mol. The molecule has 2 rings (SSSR count). The maximum atomic E-state index is 10.8. The van der Waals surface area contributed by atoms with E-state index in [0.29, 0.717) is 5.92 Å². The second-order valence-electron chi connectivity index (χ2n) is 7.17. The van der Waals surface area contributed by atoms with Crippen LogP contribution in [0.4, 0.5) is 0 Å². The average Bonchev–Trinajstić information content (AvgIpc) is 2.47. The Labute approximate surface area is 119 Å². The number of hydrogen-bond acceptors (Lipinski definition) is 1. The second-order valence-corrected chi connectivity index (χ2v) is 7.17. The molecule has 1 heteroatoms. The van der Waals surface area contributed by atoms with Crippen LogP contribution in [0, 0.1) is 23.7 Å². The molecule has 2 saturated carbocycles. The summed E-state index contributed by atoms with van der Waals surface area (Å²) in [6, 6.07) is 0. The lowest BCUT2D eigenvalue weighted by Gasteiger charge is -2.31. The number of rotatable bonds is 6. The van der Waals surface area contributed by atoms with Gasteiger partial charge in [0.05, 0.1) is 0 Å². The van der Waals surface area contributed by atoms with E-state index < -0.39 is 0 Å². The minimum atomic E-state index is 0.390. The van der Waals surface area contributed by atoms with Gasteiger partial charge in [0.15, 0.2) is 0 Å². The van der Waals surface area contributed by atoms with Crippen molar-refractivity contribution in [2.24, 2.45) is 23.7 Å². The highest BCUT2D eigenvalue weighted by atomic mass is 16.1. The molecule has 0 aromatic carbocycles. The molecule has 0 aromatic heterocycles. The van der Waals surface area contributed by atoms with E-state index in [0.717, 1.165) is 30.6 Å². The normalized spacial score (nSPS) is 36.1. The maximum Gasteiger partial charge on any atom is 0.123 e. The van der Waals surface area contributed by atoms with Gasteiger partial charge in [0.1, 0.15) is 6.29 Å². The van der Waals surface area contributed by atoms with Crippen LogP contribution in [-0.2, 0) is 4.79 Å². The summed E-state index contributed by atoms with van der Waals surface area (Å²) in [6.07, 6.45) is 17.9. The van der Waals surface area contributed by atoms with Gasteiger partial charge >= 0.3 is 0 Å². The predicted octanol–water partition coefficient (Wildman–Crippen LogP) is 5.38. The van der Waals surface area contributed by atoms with E-state index in [9.17, 15) is 4.79 Å². The van der Waals surface area contributed by atoms with Crippen LogP contribution in [0.15, 0.2) is 0 Å². The van der Waals surface area contributed by atoms with Crippen LogP contribution < -0.4 is 0 Å². The van der Waals surface area contributed by atoms with Crippen LogP contribution >= 0.6 is 0 Å². The number of aldehydes is 1. The van der Waals surface area contributed by atoms with Crippen molar-refractivity contribution in [3.8, 4) is 0 Å². The molecule has 19 heavy (non-hydrogen) atoms. The Morgan fingerprint density at radius 1 is 0.737 bits per heavy atom. The smallest absolute Gasteiger partial charge is 0.123 e. The van der Waals surface area contributed by atoms with E-state index in [2.05, 4.69) is 6.92 Å². The first-order valence-electron chi connectivity index (χ1n) is 8.77. The fraction of sp³-hybridized carbons (Fsp3) is 0.944. The lowest BCUT2D eigenvalue weighted by Crippen LogP contribution is -2.18. The van der Waals surface area contributed by atoms with E-state index in [1.54, 1.807) is 0 Å². The van der Waals surface area contributed by atoms with Crippen LogP contribution in [0.3, 0.4) is 0 Å². The highest BCUT2D eigenvalue weighted by Gasteiger charge is 2.24. The van der Waals surface area contributed by atoms with E-state index in [1.165, 1.54) is 70.5 Å². The van der Waals surface area contributed by atoms with Crippen LogP contribution in [0.25, 0.3) is 0 Å². The number of hydrogen-bond donors (Lipinski definition) is 0. The van der Waals surface area contributed by atoms with Crippen molar-refractivity contribution in [2.75, 3.05) is 0 Å². The molecule has 0 radical (unpaired) electrons. The van der Waals surface area contributed by atoms with Crippen LogP contribution in [0.5, 0.6) is 0 Å². The average molecular weight is 264 g/mol. The van der Waals surface area contributed by atoms with Crippen molar-refractivity contribution >= 4 is 6.29 Å². The maximum absolute atomic E-state index is 10.8. The van der Waals surface area contributed by atoms with Crippen LogP contribution in [-0.4, -0.2) is 6.29 Å². The Balaban J connectivity index is 1.58. The van der Waals surface area contributed by atoms with Gasteiger partial charge in [0, 0.05) is 5.92 Å². The SMILES string of the molecule is CCCC1CCC(CCC2CCC(C=O)CC2)CC1. The number of carbonyl (C=O) groups excluding carboxylic acids is 1. The summed E-state index contributed by atoms with van der Waals surface area (Å²) in [4.78, 5) is 10.8. The highest BCUT2D eigenvalue weighted by molar-refractivity contribution is 5.53. The summed E-state index contributed by atoms with van der Waals surface area (Å²) in [5.74, 6) is 3.39. The first-order chi connectivity index (χ1) is 9.31. The van der Waals surface area contributed by atoms with Crippen LogP contribution in [0.2, 0.25) is 0 Å². The summed E-state index contributed by atoms with van der Waals surface area (Å²) in [6.45, 7) is 2.32. The zero-order valence-electron chi connectivity index (χ0n) is 12.8. The monoisotopic (exact) mass is 264 g/mol. The molecule has 0 unspecified atom stereocenters. The molecule has 2 aliphatic carbocycles. The molecule has 1 nitrogen and oxygen atoms in total. The molecule has 2 fully saturated rings. The number of carbonyl (C=O) groups is 1. The van der Waals surface area contributed by atoms with Crippen molar-refractivity contribution in [3.05, 3.63) is 0 Å². The van der Waals surface area contributed by atoms with Gasteiger partial charge < -0.3 is 4.79 Å².